The molecule has 0 radical (unpaired) electrons. The van der Waals surface area contributed by atoms with Crippen LogP contribution >= 0.6 is 0 Å². The Balaban J connectivity index is 1.17. The highest BCUT2D eigenvalue weighted by molar-refractivity contribution is 5.87. The van der Waals surface area contributed by atoms with Crippen molar-refractivity contribution in [1.82, 2.24) is 15.1 Å². The maximum atomic E-state index is 10.7. The first-order valence-corrected chi connectivity index (χ1v) is 12.3. The highest BCUT2D eigenvalue weighted by Crippen LogP contribution is 2.34. The molecule has 0 spiro atoms. The van der Waals surface area contributed by atoms with Gasteiger partial charge in [-0.1, -0.05) is 23.8 Å². The molecule has 2 aromatic carbocycles. The van der Waals surface area contributed by atoms with Crippen LogP contribution in [-0.4, -0.2) is 52.5 Å². The number of fused-ring (bicyclic) bond motifs is 1. The number of aliphatic hydroxyl groups is 1. The normalized spacial score (nSPS) is 16.1. The SMILES string of the molecule is Cc1cc(C)c(C2CCN(C[C@H](O)COc3cccc4oc(-c5nnc(C)o5)cc34)CC2)c(C)c1. The van der Waals surface area contributed by atoms with Crippen LogP contribution in [-0.2, 0) is 0 Å². The topological polar surface area (TPSA) is 84.8 Å². The van der Waals surface area contributed by atoms with E-state index in [-0.39, 0.29) is 6.61 Å². The van der Waals surface area contributed by atoms with E-state index < -0.39 is 6.10 Å². The lowest BCUT2D eigenvalue weighted by atomic mass is 9.83. The fourth-order valence-corrected chi connectivity index (χ4v) is 5.44. The Labute approximate surface area is 205 Å². The number of aryl methyl sites for hydroxylation is 4. The summed E-state index contributed by atoms with van der Waals surface area (Å²) in [6.07, 6.45) is 1.66. The number of benzene rings is 2. The van der Waals surface area contributed by atoms with Gasteiger partial charge in [0.05, 0.1) is 5.39 Å². The maximum absolute atomic E-state index is 10.7. The molecule has 4 aromatic rings. The fourth-order valence-electron chi connectivity index (χ4n) is 5.44. The number of aromatic nitrogens is 2. The summed E-state index contributed by atoms with van der Waals surface area (Å²) in [6, 6.07) is 12.0. The van der Waals surface area contributed by atoms with Gasteiger partial charge >= 0.3 is 0 Å². The van der Waals surface area contributed by atoms with Gasteiger partial charge in [-0.05, 0) is 81.4 Å². The lowest BCUT2D eigenvalue weighted by molar-refractivity contribution is 0.0598. The average molecular weight is 476 g/mol. The zero-order valence-corrected chi connectivity index (χ0v) is 20.9. The van der Waals surface area contributed by atoms with E-state index >= 15 is 0 Å². The predicted molar refractivity (Wildman–Crippen MR) is 135 cm³/mol. The number of β-amino-alcohol motifs (C(OH)–C–C–N with tert-alkyl or cyclic N) is 1. The molecule has 2 aromatic heterocycles. The van der Waals surface area contributed by atoms with Gasteiger partial charge in [0.15, 0.2) is 5.76 Å². The van der Waals surface area contributed by atoms with Crippen molar-refractivity contribution < 1.29 is 18.7 Å². The summed E-state index contributed by atoms with van der Waals surface area (Å²) in [4.78, 5) is 2.35. The van der Waals surface area contributed by atoms with E-state index in [1.165, 1.54) is 22.3 Å². The third-order valence-electron chi connectivity index (χ3n) is 6.89. The predicted octanol–water partition coefficient (Wildman–Crippen LogP) is 5.34. The van der Waals surface area contributed by atoms with E-state index in [9.17, 15) is 5.11 Å². The first-order valence-electron chi connectivity index (χ1n) is 12.3. The molecule has 7 heteroatoms. The minimum Gasteiger partial charge on any atom is -0.490 e. The summed E-state index contributed by atoms with van der Waals surface area (Å²) in [5, 5.41) is 19.4. The molecule has 3 heterocycles. The fraction of sp³-hybridized carbons (Fsp3) is 0.429. The van der Waals surface area contributed by atoms with Crippen LogP contribution in [0.4, 0.5) is 0 Å². The van der Waals surface area contributed by atoms with Crippen molar-refractivity contribution in [3.63, 3.8) is 0 Å². The molecule has 7 nitrogen and oxygen atoms in total. The van der Waals surface area contributed by atoms with E-state index in [0.717, 1.165) is 31.3 Å². The summed E-state index contributed by atoms with van der Waals surface area (Å²) < 4.78 is 17.3. The molecular formula is C28H33N3O4. The quantitative estimate of drug-likeness (QED) is 0.386. The number of likely N-dealkylation sites (tertiary alicyclic amines) is 1. The maximum Gasteiger partial charge on any atom is 0.283 e. The Morgan fingerprint density at radius 1 is 1.03 bits per heavy atom. The van der Waals surface area contributed by atoms with E-state index in [1.807, 2.05) is 24.3 Å². The Kier molecular flexibility index (Phi) is 6.62. The smallest absolute Gasteiger partial charge is 0.283 e. The number of hydrogen-bond acceptors (Lipinski definition) is 7. The number of aliphatic hydroxyl groups excluding tert-OH is 1. The van der Waals surface area contributed by atoms with Crippen LogP contribution < -0.4 is 4.74 Å². The molecule has 0 amide bonds. The highest BCUT2D eigenvalue weighted by Gasteiger charge is 2.25. The Morgan fingerprint density at radius 2 is 1.77 bits per heavy atom. The average Bonchev–Trinajstić information content (AvgIpc) is 3.44. The molecule has 0 saturated carbocycles. The molecular weight excluding hydrogens is 442 g/mol. The summed E-state index contributed by atoms with van der Waals surface area (Å²) >= 11 is 0. The monoisotopic (exact) mass is 475 g/mol. The van der Waals surface area contributed by atoms with Gasteiger partial charge in [-0.15, -0.1) is 10.2 Å². The number of piperidine rings is 1. The summed E-state index contributed by atoms with van der Waals surface area (Å²) in [7, 11) is 0. The summed E-state index contributed by atoms with van der Waals surface area (Å²) in [6.45, 7) is 11.2. The molecule has 0 aliphatic carbocycles. The number of rotatable bonds is 7. The molecule has 1 fully saturated rings. The van der Waals surface area contributed by atoms with E-state index in [4.69, 9.17) is 13.6 Å². The second-order valence-electron chi connectivity index (χ2n) is 9.76. The molecule has 1 aliphatic heterocycles. The highest BCUT2D eigenvalue weighted by atomic mass is 16.5. The van der Waals surface area contributed by atoms with E-state index in [2.05, 4.69) is 48.0 Å². The third-order valence-corrected chi connectivity index (χ3v) is 6.89. The van der Waals surface area contributed by atoms with Crippen molar-refractivity contribution in [3.8, 4) is 17.4 Å². The molecule has 1 atom stereocenters. The number of hydrogen-bond donors (Lipinski definition) is 1. The molecule has 35 heavy (non-hydrogen) atoms. The van der Waals surface area contributed by atoms with E-state index in [1.54, 1.807) is 6.92 Å². The number of furan rings is 1. The van der Waals surface area contributed by atoms with Gasteiger partial charge in [-0.25, -0.2) is 0 Å². The van der Waals surface area contributed by atoms with Crippen molar-refractivity contribution in [2.75, 3.05) is 26.2 Å². The van der Waals surface area contributed by atoms with Gasteiger partial charge in [0.1, 0.15) is 24.0 Å². The van der Waals surface area contributed by atoms with E-state index in [0.29, 0.717) is 41.3 Å². The Morgan fingerprint density at radius 3 is 2.46 bits per heavy atom. The Hall–Kier alpha value is -3.16. The van der Waals surface area contributed by atoms with Crippen LogP contribution in [0.1, 0.15) is 46.9 Å². The lowest BCUT2D eigenvalue weighted by Gasteiger charge is -2.34. The van der Waals surface area contributed by atoms with Crippen molar-refractivity contribution in [2.24, 2.45) is 0 Å². The van der Waals surface area contributed by atoms with Crippen molar-refractivity contribution in [1.29, 1.82) is 0 Å². The zero-order chi connectivity index (χ0) is 24.5. The largest absolute Gasteiger partial charge is 0.490 e. The molecule has 1 aliphatic rings. The van der Waals surface area contributed by atoms with Crippen LogP contribution in [0.15, 0.2) is 45.2 Å². The third kappa shape index (κ3) is 5.11. The van der Waals surface area contributed by atoms with Crippen molar-refractivity contribution in [2.45, 2.75) is 52.6 Å². The van der Waals surface area contributed by atoms with Gasteiger partial charge in [-0.3, -0.25) is 0 Å². The van der Waals surface area contributed by atoms with Crippen LogP contribution in [0.3, 0.4) is 0 Å². The molecule has 0 unspecified atom stereocenters. The molecule has 1 saturated heterocycles. The van der Waals surface area contributed by atoms with Crippen molar-refractivity contribution in [3.05, 3.63) is 64.5 Å². The second kappa shape index (κ2) is 9.84. The van der Waals surface area contributed by atoms with Gasteiger partial charge in [-0.2, -0.15) is 0 Å². The second-order valence-corrected chi connectivity index (χ2v) is 9.76. The molecule has 184 valence electrons. The minimum absolute atomic E-state index is 0.218. The van der Waals surface area contributed by atoms with Crippen LogP contribution in [0.2, 0.25) is 0 Å². The summed E-state index contributed by atoms with van der Waals surface area (Å²) in [5.41, 5.74) is 6.32. The van der Waals surface area contributed by atoms with Crippen LogP contribution in [0.25, 0.3) is 22.6 Å². The first-order chi connectivity index (χ1) is 16.9. The molecule has 1 N–H and O–H groups in total. The summed E-state index contributed by atoms with van der Waals surface area (Å²) in [5.74, 6) is 2.57. The molecule has 0 bridgehead atoms. The number of ether oxygens (including phenoxy) is 1. The first kappa shape index (κ1) is 23.6. The van der Waals surface area contributed by atoms with Crippen LogP contribution in [0.5, 0.6) is 5.75 Å². The Bertz CT molecular complexity index is 1290. The van der Waals surface area contributed by atoms with Gasteiger partial charge < -0.3 is 23.6 Å². The molecule has 5 rings (SSSR count). The van der Waals surface area contributed by atoms with Gasteiger partial charge in [0.2, 0.25) is 5.89 Å². The van der Waals surface area contributed by atoms with Crippen LogP contribution in [0, 0.1) is 27.7 Å². The zero-order valence-electron chi connectivity index (χ0n) is 20.9. The number of nitrogens with zero attached hydrogens (tertiary/aromatic N) is 3. The van der Waals surface area contributed by atoms with Crippen molar-refractivity contribution >= 4 is 11.0 Å². The minimum atomic E-state index is -0.574. The standard InChI is InChI=1S/C28H33N3O4/c1-17-12-18(2)27(19(3)13-17)21-8-10-31(11-9-21)15-22(32)16-33-24-6-5-7-25-23(24)14-26(35-25)28-30-29-20(4)34-28/h5-7,12-14,21-22,32H,8-11,15-16H2,1-4H3/t22-/m0/s1. The lowest BCUT2D eigenvalue weighted by Crippen LogP contribution is -2.40. The van der Waals surface area contributed by atoms with Gasteiger partial charge in [0, 0.05) is 19.5 Å². The van der Waals surface area contributed by atoms with Gasteiger partial charge in [0.25, 0.3) is 5.89 Å².